The highest BCUT2D eigenvalue weighted by Crippen LogP contribution is 2.33. The van der Waals surface area contributed by atoms with E-state index in [-0.39, 0.29) is 5.41 Å². The zero-order valence-electron chi connectivity index (χ0n) is 12.9. The first-order valence-corrected chi connectivity index (χ1v) is 7.34. The smallest absolute Gasteiger partial charge is 0.0393 e. The van der Waals surface area contributed by atoms with E-state index in [4.69, 9.17) is 5.73 Å². The summed E-state index contributed by atoms with van der Waals surface area (Å²) >= 11 is 0. The molecule has 0 bridgehead atoms. The molecule has 0 spiro atoms. The molecule has 0 unspecified atom stereocenters. The Labute approximate surface area is 126 Å². The minimum absolute atomic E-state index is 0.124. The number of hydrogen-bond donors (Lipinski definition) is 1. The van der Waals surface area contributed by atoms with Gasteiger partial charge >= 0.3 is 0 Å². The molecule has 0 aromatic heterocycles. The molecule has 3 aromatic rings. The Morgan fingerprint density at radius 1 is 0.762 bits per heavy atom. The number of anilines is 1. The number of rotatable bonds is 1. The lowest BCUT2D eigenvalue weighted by Crippen LogP contribution is -2.11. The number of nitrogen functional groups attached to an aromatic ring is 1. The molecule has 0 fully saturated rings. The third kappa shape index (κ3) is 2.64. The SMILES string of the molecule is CC(C)(C)c1ccc(N)c(-c2ccc3ccccc3c2)c1. The van der Waals surface area contributed by atoms with E-state index in [2.05, 4.69) is 75.4 Å². The summed E-state index contributed by atoms with van der Waals surface area (Å²) in [5.74, 6) is 0. The second kappa shape index (κ2) is 4.92. The van der Waals surface area contributed by atoms with Crippen molar-refractivity contribution in [3.8, 4) is 11.1 Å². The molecule has 106 valence electrons. The van der Waals surface area contributed by atoms with Crippen LogP contribution in [0.5, 0.6) is 0 Å². The Morgan fingerprint density at radius 2 is 1.48 bits per heavy atom. The first-order valence-electron chi connectivity index (χ1n) is 7.34. The van der Waals surface area contributed by atoms with E-state index in [1.165, 1.54) is 21.9 Å². The zero-order valence-corrected chi connectivity index (χ0v) is 12.9. The van der Waals surface area contributed by atoms with Gasteiger partial charge in [0.15, 0.2) is 0 Å². The third-order valence-corrected chi connectivity index (χ3v) is 3.98. The molecule has 0 heterocycles. The van der Waals surface area contributed by atoms with Crippen molar-refractivity contribution in [1.29, 1.82) is 0 Å². The topological polar surface area (TPSA) is 26.0 Å². The van der Waals surface area contributed by atoms with Gasteiger partial charge in [-0.05, 0) is 45.5 Å². The van der Waals surface area contributed by atoms with Crippen molar-refractivity contribution in [3.05, 3.63) is 66.2 Å². The third-order valence-electron chi connectivity index (χ3n) is 3.98. The largest absolute Gasteiger partial charge is 0.398 e. The fraction of sp³-hybridized carbons (Fsp3) is 0.200. The van der Waals surface area contributed by atoms with E-state index in [0.717, 1.165) is 11.3 Å². The molecule has 21 heavy (non-hydrogen) atoms. The van der Waals surface area contributed by atoms with Crippen molar-refractivity contribution < 1.29 is 0 Å². The van der Waals surface area contributed by atoms with Crippen molar-refractivity contribution >= 4 is 16.5 Å². The molecule has 0 atom stereocenters. The molecule has 3 aromatic carbocycles. The van der Waals surface area contributed by atoms with E-state index < -0.39 is 0 Å². The summed E-state index contributed by atoms with van der Waals surface area (Å²) in [4.78, 5) is 0. The van der Waals surface area contributed by atoms with Crippen molar-refractivity contribution in [2.75, 3.05) is 5.73 Å². The first kappa shape index (κ1) is 13.7. The van der Waals surface area contributed by atoms with Crippen LogP contribution in [0.3, 0.4) is 0 Å². The summed E-state index contributed by atoms with van der Waals surface area (Å²) in [7, 11) is 0. The standard InChI is InChI=1S/C20H21N/c1-20(2,3)17-10-11-19(21)18(13-17)16-9-8-14-6-4-5-7-15(14)12-16/h4-13H,21H2,1-3H3. The minimum atomic E-state index is 0.124. The molecule has 0 aliphatic heterocycles. The number of nitrogens with two attached hydrogens (primary N) is 1. The van der Waals surface area contributed by atoms with Gasteiger partial charge in [0.1, 0.15) is 0 Å². The molecule has 0 aliphatic carbocycles. The Morgan fingerprint density at radius 3 is 2.19 bits per heavy atom. The number of benzene rings is 3. The van der Waals surface area contributed by atoms with Crippen LogP contribution in [0.15, 0.2) is 60.7 Å². The second-order valence-electron chi connectivity index (χ2n) is 6.61. The zero-order chi connectivity index (χ0) is 15.0. The predicted molar refractivity (Wildman–Crippen MR) is 92.5 cm³/mol. The minimum Gasteiger partial charge on any atom is -0.398 e. The maximum absolute atomic E-state index is 6.21. The van der Waals surface area contributed by atoms with Crippen LogP contribution in [-0.2, 0) is 5.41 Å². The molecule has 1 heteroatoms. The molecular weight excluding hydrogens is 254 g/mol. The lowest BCUT2D eigenvalue weighted by molar-refractivity contribution is 0.590. The van der Waals surface area contributed by atoms with Gasteiger partial charge in [0.05, 0.1) is 0 Å². The van der Waals surface area contributed by atoms with E-state index in [0.29, 0.717) is 0 Å². The Bertz CT molecular complexity index is 794. The quantitative estimate of drug-likeness (QED) is 0.592. The van der Waals surface area contributed by atoms with Crippen LogP contribution in [0.1, 0.15) is 26.3 Å². The number of hydrogen-bond acceptors (Lipinski definition) is 1. The highest BCUT2D eigenvalue weighted by molar-refractivity contribution is 5.89. The average Bonchev–Trinajstić information content (AvgIpc) is 2.46. The summed E-state index contributed by atoms with van der Waals surface area (Å²) in [5.41, 5.74) is 10.8. The van der Waals surface area contributed by atoms with Gasteiger partial charge in [0.25, 0.3) is 0 Å². The van der Waals surface area contributed by atoms with Gasteiger partial charge in [0, 0.05) is 11.3 Å². The van der Waals surface area contributed by atoms with Gasteiger partial charge < -0.3 is 5.73 Å². The molecule has 0 aliphatic rings. The van der Waals surface area contributed by atoms with Crippen LogP contribution in [-0.4, -0.2) is 0 Å². The molecule has 0 amide bonds. The average molecular weight is 275 g/mol. The molecule has 3 rings (SSSR count). The van der Waals surface area contributed by atoms with Crippen LogP contribution in [0.4, 0.5) is 5.69 Å². The molecule has 1 nitrogen and oxygen atoms in total. The highest BCUT2D eigenvalue weighted by Gasteiger charge is 2.15. The summed E-state index contributed by atoms with van der Waals surface area (Å²) in [6.07, 6.45) is 0. The van der Waals surface area contributed by atoms with Crippen LogP contribution < -0.4 is 5.73 Å². The second-order valence-corrected chi connectivity index (χ2v) is 6.61. The van der Waals surface area contributed by atoms with Gasteiger partial charge in [-0.2, -0.15) is 0 Å². The normalized spacial score (nSPS) is 11.8. The molecule has 0 radical (unpaired) electrons. The fourth-order valence-electron chi connectivity index (χ4n) is 2.63. The summed E-state index contributed by atoms with van der Waals surface area (Å²) in [6.45, 7) is 6.67. The molecule has 0 saturated heterocycles. The summed E-state index contributed by atoms with van der Waals surface area (Å²) < 4.78 is 0. The Balaban J connectivity index is 2.17. The van der Waals surface area contributed by atoms with Gasteiger partial charge in [-0.15, -0.1) is 0 Å². The van der Waals surface area contributed by atoms with Crippen molar-refractivity contribution in [1.82, 2.24) is 0 Å². The van der Waals surface area contributed by atoms with Crippen LogP contribution in [0, 0.1) is 0 Å². The van der Waals surface area contributed by atoms with Crippen LogP contribution in [0.25, 0.3) is 21.9 Å². The van der Waals surface area contributed by atoms with Gasteiger partial charge in [-0.3, -0.25) is 0 Å². The maximum Gasteiger partial charge on any atom is 0.0393 e. The van der Waals surface area contributed by atoms with E-state index in [1.807, 2.05) is 6.07 Å². The molecular formula is C20H21N. The fourth-order valence-corrected chi connectivity index (χ4v) is 2.63. The predicted octanol–water partition coefficient (Wildman–Crippen LogP) is 5.39. The van der Waals surface area contributed by atoms with Gasteiger partial charge in [0.2, 0.25) is 0 Å². The lowest BCUT2D eigenvalue weighted by atomic mass is 9.85. The van der Waals surface area contributed by atoms with Crippen LogP contribution >= 0.6 is 0 Å². The Hall–Kier alpha value is -2.28. The van der Waals surface area contributed by atoms with Gasteiger partial charge in [-0.1, -0.05) is 63.2 Å². The monoisotopic (exact) mass is 275 g/mol. The summed E-state index contributed by atoms with van der Waals surface area (Å²) in [6, 6.07) is 21.3. The van der Waals surface area contributed by atoms with E-state index in [9.17, 15) is 0 Å². The van der Waals surface area contributed by atoms with E-state index >= 15 is 0 Å². The lowest BCUT2D eigenvalue weighted by Gasteiger charge is -2.21. The Kier molecular flexibility index (Phi) is 3.21. The first-order chi connectivity index (χ1) is 9.95. The van der Waals surface area contributed by atoms with Crippen molar-refractivity contribution in [2.45, 2.75) is 26.2 Å². The highest BCUT2D eigenvalue weighted by atomic mass is 14.6. The molecule has 0 saturated carbocycles. The maximum atomic E-state index is 6.21. The van der Waals surface area contributed by atoms with Gasteiger partial charge in [-0.25, -0.2) is 0 Å². The van der Waals surface area contributed by atoms with Crippen LogP contribution in [0.2, 0.25) is 0 Å². The van der Waals surface area contributed by atoms with Crippen molar-refractivity contribution in [3.63, 3.8) is 0 Å². The van der Waals surface area contributed by atoms with E-state index in [1.54, 1.807) is 0 Å². The summed E-state index contributed by atoms with van der Waals surface area (Å²) in [5, 5.41) is 2.50. The number of fused-ring (bicyclic) bond motifs is 1. The van der Waals surface area contributed by atoms with Crippen molar-refractivity contribution in [2.24, 2.45) is 0 Å². The molecule has 2 N–H and O–H groups in total.